The summed E-state index contributed by atoms with van der Waals surface area (Å²) in [4.78, 5) is 33.2. The third kappa shape index (κ3) is 5.15. The average Bonchev–Trinajstić information content (AvgIpc) is 3.46. The number of benzene rings is 3. The van der Waals surface area contributed by atoms with Gasteiger partial charge in [-0.2, -0.15) is 0 Å². The van der Waals surface area contributed by atoms with E-state index in [4.69, 9.17) is 14.5 Å². The molecule has 0 spiro atoms. The van der Waals surface area contributed by atoms with Crippen molar-refractivity contribution in [2.75, 3.05) is 18.1 Å². The Kier molecular flexibility index (Phi) is 7.47. The largest absolute Gasteiger partial charge is 0.503 e. The van der Waals surface area contributed by atoms with Crippen LogP contribution in [0.15, 0.2) is 84.1 Å². The quantitative estimate of drug-likeness (QED) is 0.241. The Morgan fingerprint density at radius 3 is 2.51 bits per heavy atom. The molecule has 0 bridgehead atoms. The molecule has 1 atom stereocenters. The van der Waals surface area contributed by atoms with Gasteiger partial charge in [0.2, 0.25) is 0 Å². The first-order valence-corrected chi connectivity index (χ1v) is 13.5. The summed E-state index contributed by atoms with van der Waals surface area (Å²) < 4.78 is 12.5. The first kappa shape index (κ1) is 26.2. The number of aliphatic hydroxyl groups excluding tert-OH is 1. The molecule has 5 rings (SSSR count). The number of carbonyl (C=O) groups is 2. The molecule has 0 radical (unpaired) electrons. The van der Waals surface area contributed by atoms with Crippen molar-refractivity contribution in [2.45, 2.75) is 26.8 Å². The topological polar surface area (TPSA) is 89.0 Å². The van der Waals surface area contributed by atoms with E-state index >= 15 is 0 Å². The second-order valence-electron chi connectivity index (χ2n) is 8.99. The molecule has 39 heavy (non-hydrogen) atoms. The van der Waals surface area contributed by atoms with E-state index in [9.17, 15) is 14.7 Å². The molecule has 7 nitrogen and oxygen atoms in total. The van der Waals surface area contributed by atoms with E-state index in [0.29, 0.717) is 35.4 Å². The summed E-state index contributed by atoms with van der Waals surface area (Å²) in [6.07, 6.45) is 3.04. The highest BCUT2D eigenvalue weighted by Gasteiger charge is 2.45. The van der Waals surface area contributed by atoms with E-state index in [1.54, 1.807) is 24.3 Å². The van der Waals surface area contributed by atoms with Crippen LogP contribution in [-0.2, 0) is 9.59 Å². The van der Waals surface area contributed by atoms with Crippen LogP contribution in [0.2, 0.25) is 0 Å². The van der Waals surface area contributed by atoms with Gasteiger partial charge in [-0.15, -0.1) is 0 Å². The fraction of sp³-hybridized carbons (Fsp3) is 0.194. The van der Waals surface area contributed by atoms with E-state index in [1.807, 2.05) is 69.3 Å². The summed E-state index contributed by atoms with van der Waals surface area (Å²) in [5, 5.41) is 11.5. The smallest absolute Gasteiger partial charge is 0.296 e. The molecule has 3 aromatic carbocycles. The van der Waals surface area contributed by atoms with Crippen LogP contribution in [0.4, 0.5) is 5.13 Å². The number of hydrogen-bond donors (Lipinski definition) is 1. The van der Waals surface area contributed by atoms with Crippen molar-refractivity contribution in [2.24, 2.45) is 0 Å². The zero-order valence-electron chi connectivity index (χ0n) is 21.9. The Morgan fingerprint density at radius 2 is 1.77 bits per heavy atom. The average molecular weight is 541 g/mol. The molecule has 4 aromatic rings. The Balaban J connectivity index is 1.63. The fourth-order valence-corrected chi connectivity index (χ4v) is 5.65. The lowest BCUT2D eigenvalue weighted by Crippen LogP contribution is -2.30. The molecule has 0 saturated heterocycles. The number of ether oxygens (including phenoxy) is 2. The summed E-state index contributed by atoms with van der Waals surface area (Å²) in [7, 11) is 0. The first-order valence-electron chi connectivity index (χ1n) is 12.7. The number of thiazole rings is 1. The summed E-state index contributed by atoms with van der Waals surface area (Å²) in [5.41, 5.74) is 3.19. The molecule has 1 amide bonds. The van der Waals surface area contributed by atoms with Crippen molar-refractivity contribution in [3.8, 4) is 11.5 Å². The van der Waals surface area contributed by atoms with Gasteiger partial charge in [-0.3, -0.25) is 14.5 Å². The van der Waals surface area contributed by atoms with Gasteiger partial charge in [0.15, 0.2) is 28.2 Å². The van der Waals surface area contributed by atoms with E-state index in [0.717, 1.165) is 21.3 Å². The summed E-state index contributed by atoms with van der Waals surface area (Å²) in [6, 6.07) is 19.6. The number of rotatable bonds is 9. The molecule has 0 saturated carbocycles. The van der Waals surface area contributed by atoms with Crippen LogP contribution in [0.1, 0.15) is 36.6 Å². The van der Waals surface area contributed by atoms with Crippen molar-refractivity contribution < 1.29 is 24.2 Å². The number of aliphatic hydroxyl groups is 1. The minimum absolute atomic E-state index is 0.0192. The number of allylic oxidation sites excluding steroid dienone is 1. The van der Waals surface area contributed by atoms with Gasteiger partial charge in [0.25, 0.3) is 5.91 Å². The third-order valence-electron chi connectivity index (χ3n) is 6.32. The number of fused-ring (bicyclic) bond motifs is 1. The van der Waals surface area contributed by atoms with Crippen LogP contribution in [-0.4, -0.2) is 35.0 Å². The highest BCUT2D eigenvalue weighted by atomic mass is 32.1. The number of aromatic nitrogens is 1. The molecule has 1 N–H and O–H groups in total. The number of hydrogen-bond acceptors (Lipinski definition) is 7. The minimum atomic E-state index is -0.915. The molecule has 0 fully saturated rings. The highest BCUT2D eigenvalue weighted by Crippen LogP contribution is 2.45. The van der Waals surface area contributed by atoms with Gasteiger partial charge in [-0.25, -0.2) is 4.98 Å². The third-order valence-corrected chi connectivity index (χ3v) is 7.34. The maximum Gasteiger partial charge on any atom is 0.296 e. The lowest BCUT2D eigenvalue weighted by molar-refractivity contribution is -0.117. The van der Waals surface area contributed by atoms with Gasteiger partial charge in [0, 0.05) is 0 Å². The zero-order valence-corrected chi connectivity index (χ0v) is 22.7. The lowest BCUT2D eigenvalue weighted by Gasteiger charge is -2.25. The van der Waals surface area contributed by atoms with Crippen LogP contribution >= 0.6 is 11.3 Å². The van der Waals surface area contributed by atoms with Gasteiger partial charge >= 0.3 is 0 Å². The van der Waals surface area contributed by atoms with Crippen LogP contribution in [0.3, 0.4) is 0 Å². The van der Waals surface area contributed by atoms with Gasteiger partial charge in [-0.1, -0.05) is 59.9 Å². The van der Waals surface area contributed by atoms with Crippen molar-refractivity contribution >= 4 is 44.5 Å². The Morgan fingerprint density at radius 1 is 1.03 bits per heavy atom. The van der Waals surface area contributed by atoms with Crippen molar-refractivity contribution in [3.05, 3.63) is 101 Å². The molecule has 1 aliphatic heterocycles. The second kappa shape index (κ2) is 11.1. The normalized spacial score (nSPS) is 15.5. The standard InChI is InChI=1S/C31H28N2O5S/c1-4-37-24-16-13-21(18-25(24)38-5-2)28-27(23(34)15-12-20-9-7-6-8-10-20)29(35)30(36)33(28)31-32-22-14-11-19(3)17-26(22)39-31/h6-18,28,35H,4-5H2,1-3H3/b15-12+. The van der Waals surface area contributed by atoms with E-state index < -0.39 is 23.5 Å². The van der Waals surface area contributed by atoms with Gasteiger partial charge < -0.3 is 14.6 Å². The Hall–Kier alpha value is -4.43. The van der Waals surface area contributed by atoms with E-state index in [2.05, 4.69) is 0 Å². The van der Waals surface area contributed by atoms with Gasteiger partial charge in [0.1, 0.15) is 0 Å². The van der Waals surface area contributed by atoms with E-state index in [1.165, 1.54) is 22.3 Å². The minimum Gasteiger partial charge on any atom is -0.503 e. The Bertz CT molecular complexity index is 1610. The molecular weight excluding hydrogens is 512 g/mol. The lowest BCUT2D eigenvalue weighted by atomic mass is 9.95. The van der Waals surface area contributed by atoms with Crippen molar-refractivity contribution in [3.63, 3.8) is 0 Å². The molecule has 1 unspecified atom stereocenters. The molecule has 0 aliphatic carbocycles. The molecule has 198 valence electrons. The maximum atomic E-state index is 13.6. The number of carbonyl (C=O) groups excluding carboxylic acids is 2. The van der Waals surface area contributed by atoms with E-state index in [-0.39, 0.29) is 5.57 Å². The highest BCUT2D eigenvalue weighted by molar-refractivity contribution is 7.22. The summed E-state index contributed by atoms with van der Waals surface area (Å²) >= 11 is 1.33. The maximum absolute atomic E-state index is 13.6. The van der Waals surface area contributed by atoms with Crippen LogP contribution < -0.4 is 14.4 Å². The number of ketones is 1. The molecule has 1 aliphatic rings. The van der Waals surface area contributed by atoms with Crippen molar-refractivity contribution in [1.29, 1.82) is 0 Å². The monoisotopic (exact) mass is 540 g/mol. The summed E-state index contributed by atoms with van der Waals surface area (Å²) in [6.45, 7) is 6.59. The molecule has 1 aromatic heterocycles. The van der Waals surface area contributed by atoms with Gasteiger partial charge in [0.05, 0.1) is 35.0 Å². The molecular formula is C31H28N2O5S. The number of anilines is 1. The number of aryl methyl sites for hydroxylation is 1. The van der Waals surface area contributed by atoms with Crippen LogP contribution in [0.25, 0.3) is 16.3 Å². The summed E-state index contributed by atoms with van der Waals surface area (Å²) in [5.74, 6) is -0.702. The predicted octanol–water partition coefficient (Wildman–Crippen LogP) is 6.58. The van der Waals surface area contributed by atoms with Crippen LogP contribution in [0.5, 0.6) is 11.5 Å². The molecule has 2 heterocycles. The van der Waals surface area contributed by atoms with Gasteiger partial charge in [-0.05, 0) is 67.8 Å². The second-order valence-corrected chi connectivity index (χ2v) is 10.00. The predicted molar refractivity (Wildman–Crippen MR) is 154 cm³/mol. The molecule has 8 heteroatoms. The number of nitrogens with zero attached hydrogens (tertiary/aromatic N) is 2. The fourth-order valence-electron chi connectivity index (χ4n) is 4.56. The Labute approximate surface area is 230 Å². The number of amides is 1. The first-order chi connectivity index (χ1) is 18.9. The zero-order chi connectivity index (χ0) is 27.5. The van der Waals surface area contributed by atoms with Crippen LogP contribution in [0, 0.1) is 6.92 Å². The SMILES string of the molecule is CCOc1ccc(C2C(C(=O)/C=C/c3ccccc3)=C(O)C(=O)N2c2nc3ccc(C)cc3s2)cc1OCC. The van der Waals surface area contributed by atoms with Crippen molar-refractivity contribution in [1.82, 2.24) is 4.98 Å².